The van der Waals surface area contributed by atoms with Crippen molar-refractivity contribution >= 4 is 50.9 Å². The standard InChI is InChI=1S/C29H26BrClN2O6S/c1-6-11-39-26-20(31)12-17(13-22(26)37-7-2)14-23-27(34)33-25(18-9-10-21(36-5)19(30)15-18)24(28(35)38-8-3)16(4)32-29(33)40-23/h1,9-10,12-15,25H,7-8,11H2,2-5H3/b23-14+/t25-/m0/s1. The summed E-state index contributed by atoms with van der Waals surface area (Å²) in [5.74, 6) is 3.23. The van der Waals surface area contributed by atoms with E-state index in [4.69, 9.17) is 37.0 Å². The van der Waals surface area contributed by atoms with Crippen LogP contribution in [0.25, 0.3) is 6.08 Å². The monoisotopic (exact) mass is 644 g/mol. The summed E-state index contributed by atoms with van der Waals surface area (Å²) >= 11 is 11.2. The molecule has 0 fully saturated rings. The van der Waals surface area contributed by atoms with Crippen LogP contribution in [0.5, 0.6) is 17.2 Å². The van der Waals surface area contributed by atoms with E-state index in [1.165, 1.54) is 15.9 Å². The quantitative estimate of drug-likeness (QED) is 0.249. The van der Waals surface area contributed by atoms with Gasteiger partial charge in [-0.3, -0.25) is 9.36 Å². The molecule has 3 aromatic rings. The van der Waals surface area contributed by atoms with Crippen molar-refractivity contribution in [3.8, 4) is 29.6 Å². The van der Waals surface area contributed by atoms with Crippen molar-refractivity contribution in [1.29, 1.82) is 0 Å². The molecular formula is C29H26BrClN2O6S. The number of hydrogen-bond donors (Lipinski definition) is 0. The predicted octanol–water partition coefficient (Wildman–Crippen LogP) is 4.63. The van der Waals surface area contributed by atoms with E-state index in [-0.39, 0.29) is 24.3 Å². The molecule has 0 spiro atoms. The van der Waals surface area contributed by atoms with Gasteiger partial charge in [-0.15, -0.1) is 6.42 Å². The second kappa shape index (κ2) is 12.8. The number of fused-ring (bicyclic) bond motifs is 1. The molecule has 1 aliphatic rings. The number of rotatable bonds is 9. The third kappa shape index (κ3) is 5.82. The summed E-state index contributed by atoms with van der Waals surface area (Å²) in [6.07, 6.45) is 7.03. The number of methoxy groups -OCH3 is 1. The Kier molecular flexibility index (Phi) is 9.40. The molecule has 1 aliphatic heterocycles. The number of carbonyl (C=O) groups excluding carboxylic acids is 1. The molecule has 0 unspecified atom stereocenters. The van der Waals surface area contributed by atoms with Gasteiger partial charge in [0.15, 0.2) is 16.3 Å². The van der Waals surface area contributed by atoms with Crippen LogP contribution in [0.3, 0.4) is 0 Å². The van der Waals surface area contributed by atoms with Gasteiger partial charge in [-0.05, 0) is 78.2 Å². The fourth-order valence-corrected chi connectivity index (χ4v) is 6.18. The molecule has 0 radical (unpaired) electrons. The maximum atomic E-state index is 13.9. The molecule has 0 aliphatic carbocycles. The first-order valence-electron chi connectivity index (χ1n) is 12.3. The molecule has 4 rings (SSSR count). The highest BCUT2D eigenvalue weighted by atomic mass is 79.9. The predicted molar refractivity (Wildman–Crippen MR) is 158 cm³/mol. The second-order valence-electron chi connectivity index (χ2n) is 8.45. The molecule has 0 N–H and O–H groups in total. The Hall–Kier alpha value is -3.52. The van der Waals surface area contributed by atoms with Crippen LogP contribution >= 0.6 is 38.9 Å². The highest BCUT2D eigenvalue weighted by Gasteiger charge is 2.33. The molecule has 0 bridgehead atoms. The fraction of sp³-hybridized carbons (Fsp3) is 0.276. The van der Waals surface area contributed by atoms with Gasteiger partial charge in [0.25, 0.3) is 5.56 Å². The summed E-state index contributed by atoms with van der Waals surface area (Å²) in [4.78, 5) is 32.1. The summed E-state index contributed by atoms with van der Waals surface area (Å²) < 4.78 is 24.6. The molecule has 40 heavy (non-hydrogen) atoms. The minimum atomic E-state index is -0.762. The van der Waals surface area contributed by atoms with Crippen LogP contribution in [0.15, 0.2) is 55.9 Å². The summed E-state index contributed by atoms with van der Waals surface area (Å²) in [5, 5.41) is 0.293. The van der Waals surface area contributed by atoms with Crippen LogP contribution in [0.4, 0.5) is 0 Å². The molecule has 2 heterocycles. The summed E-state index contributed by atoms with van der Waals surface area (Å²) in [5.41, 5.74) is 1.75. The van der Waals surface area contributed by atoms with E-state index < -0.39 is 12.0 Å². The van der Waals surface area contributed by atoms with Crippen molar-refractivity contribution in [3.05, 3.63) is 81.9 Å². The van der Waals surface area contributed by atoms with Gasteiger partial charge in [-0.25, -0.2) is 9.79 Å². The van der Waals surface area contributed by atoms with Crippen molar-refractivity contribution in [2.75, 3.05) is 26.9 Å². The number of nitrogens with zero attached hydrogens (tertiary/aromatic N) is 2. The first kappa shape index (κ1) is 29.5. The SMILES string of the molecule is C#CCOc1c(Cl)cc(/C=c2/sc3n(c2=O)[C@@H](c2ccc(OC)c(Br)c2)C(C(=O)OCC)=C(C)N=3)cc1OCC. The maximum absolute atomic E-state index is 13.9. The lowest BCUT2D eigenvalue weighted by Crippen LogP contribution is -2.40. The van der Waals surface area contributed by atoms with Gasteiger partial charge in [-0.2, -0.15) is 0 Å². The molecule has 8 nitrogen and oxygen atoms in total. The largest absolute Gasteiger partial charge is 0.496 e. The highest BCUT2D eigenvalue weighted by molar-refractivity contribution is 9.10. The number of aromatic nitrogens is 1. The number of terminal acetylenes is 1. The number of allylic oxidation sites excluding steroid dienone is 1. The first-order valence-corrected chi connectivity index (χ1v) is 14.3. The molecular weight excluding hydrogens is 620 g/mol. The molecule has 1 aromatic heterocycles. The van der Waals surface area contributed by atoms with Crippen LogP contribution < -0.4 is 29.1 Å². The van der Waals surface area contributed by atoms with E-state index in [0.717, 1.165) is 0 Å². The Labute approximate surface area is 248 Å². The second-order valence-corrected chi connectivity index (χ2v) is 10.7. The smallest absolute Gasteiger partial charge is 0.338 e. The molecule has 1 atom stereocenters. The van der Waals surface area contributed by atoms with E-state index in [9.17, 15) is 9.59 Å². The van der Waals surface area contributed by atoms with Crippen LogP contribution in [-0.4, -0.2) is 37.5 Å². The minimum absolute atomic E-state index is 0.0291. The third-order valence-electron chi connectivity index (χ3n) is 5.94. The van der Waals surface area contributed by atoms with E-state index in [1.807, 2.05) is 19.1 Å². The number of ether oxygens (including phenoxy) is 4. The minimum Gasteiger partial charge on any atom is -0.496 e. The summed E-state index contributed by atoms with van der Waals surface area (Å²) in [6.45, 7) is 5.89. The number of hydrogen-bond acceptors (Lipinski definition) is 8. The van der Waals surface area contributed by atoms with Gasteiger partial charge in [0.05, 0.1) is 51.7 Å². The number of carbonyl (C=O) groups is 1. The highest BCUT2D eigenvalue weighted by Crippen LogP contribution is 2.37. The number of benzene rings is 2. The van der Waals surface area contributed by atoms with Crippen LogP contribution in [0.2, 0.25) is 5.02 Å². The lowest BCUT2D eigenvalue weighted by molar-refractivity contribution is -0.139. The first-order chi connectivity index (χ1) is 19.2. The van der Waals surface area contributed by atoms with Crippen molar-refractivity contribution in [3.63, 3.8) is 0 Å². The number of esters is 1. The van der Waals surface area contributed by atoms with Crippen molar-refractivity contribution in [2.45, 2.75) is 26.8 Å². The fourth-order valence-electron chi connectivity index (χ4n) is 4.30. The maximum Gasteiger partial charge on any atom is 0.338 e. The Morgan fingerprint density at radius 3 is 2.65 bits per heavy atom. The van der Waals surface area contributed by atoms with Gasteiger partial charge >= 0.3 is 5.97 Å². The average Bonchev–Trinajstić information content (AvgIpc) is 3.21. The van der Waals surface area contributed by atoms with Gasteiger partial charge < -0.3 is 18.9 Å². The van der Waals surface area contributed by atoms with Gasteiger partial charge in [-0.1, -0.05) is 34.9 Å². The van der Waals surface area contributed by atoms with E-state index in [0.29, 0.717) is 59.5 Å². The van der Waals surface area contributed by atoms with Crippen LogP contribution in [0.1, 0.15) is 37.9 Å². The van der Waals surface area contributed by atoms with Gasteiger partial charge in [0.1, 0.15) is 12.4 Å². The van der Waals surface area contributed by atoms with E-state index in [1.54, 1.807) is 45.2 Å². The van der Waals surface area contributed by atoms with E-state index in [2.05, 4.69) is 26.8 Å². The lowest BCUT2D eigenvalue weighted by Gasteiger charge is -2.25. The van der Waals surface area contributed by atoms with Gasteiger partial charge in [0.2, 0.25) is 0 Å². The Morgan fingerprint density at radius 1 is 1.23 bits per heavy atom. The summed E-state index contributed by atoms with van der Waals surface area (Å²) in [6, 6.07) is 8.04. The van der Waals surface area contributed by atoms with Crippen molar-refractivity contribution < 1.29 is 23.7 Å². The normalized spacial score (nSPS) is 14.7. The topological polar surface area (TPSA) is 88.4 Å². The number of thiazole rings is 1. The molecule has 208 valence electrons. The summed E-state index contributed by atoms with van der Waals surface area (Å²) in [7, 11) is 1.56. The zero-order chi connectivity index (χ0) is 29.0. The molecule has 0 saturated heterocycles. The molecule has 11 heteroatoms. The Bertz CT molecular complexity index is 1720. The molecule has 2 aromatic carbocycles. The zero-order valence-electron chi connectivity index (χ0n) is 22.2. The van der Waals surface area contributed by atoms with Gasteiger partial charge in [0, 0.05) is 0 Å². The van der Waals surface area contributed by atoms with Crippen molar-refractivity contribution in [1.82, 2.24) is 4.57 Å². The molecule has 0 amide bonds. The zero-order valence-corrected chi connectivity index (χ0v) is 25.4. The van der Waals surface area contributed by atoms with Crippen molar-refractivity contribution in [2.24, 2.45) is 4.99 Å². The molecule has 0 saturated carbocycles. The Morgan fingerprint density at radius 2 is 2.00 bits per heavy atom. The van der Waals surface area contributed by atoms with E-state index >= 15 is 0 Å². The third-order valence-corrected chi connectivity index (χ3v) is 7.82. The van der Waals surface area contributed by atoms with Crippen LogP contribution in [-0.2, 0) is 9.53 Å². The Balaban J connectivity index is 1.92. The average molecular weight is 646 g/mol. The lowest BCUT2D eigenvalue weighted by atomic mass is 9.96. The number of halogens is 2. The van der Waals surface area contributed by atoms with Crippen LogP contribution in [0, 0.1) is 12.3 Å².